The highest BCUT2D eigenvalue weighted by atomic mass is 16.5. The van der Waals surface area contributed by atoms with Crippen LogP contribution in [0.5, 0.6) is 5.75 Å². The number of nitrogens with one attached hydrogen (secondary N) is 2. The molecule has 0 bridgehead atoms. The summed E-state index contributed by atoms with van der Waals surface area (Å²) >= 11 is 0. The van der Waals surface area contributed by atoms with Crippen molar-refractivity contribution in [2.24, 2.45) is 0 Å². The summed E-state index contributed by atoms with van der Waals surface area (Å²) in [5, 5.41) is 5.77. The average Bonchev–Trinajstić information content (AvgIpc) is 2.79. The molecule has 0 heterocycles. The van der Waals surface area contributed by atoms with Crippen molar-refractivity contribution >= 4 is 17.5 Å². The molecular weight excluding hydrogens is 388 g/mol. The van der Waals surface area contributed by atoms with Crippen LogP contribution in [0.15, 0.2) is 72.8 Å². The number of hydrogen-bond acceptors (Lipinski definition) is 3. The number of carbonyl (C=O) groups excluding carboxylic acids is 2. The Hall–Kier alpha value is -3.60. The van der Waals surface area contributed by atoms with Crippen LogP contribution < -0.4 is 15.4 Å². The van der Waals surface area contributed by atoms with E-state index in [0.717, 1.165) is 16.7 Å². The molecule has 31 heavy (non-hydrogen) atoms. The summed E-state index contributed by atoms with van der Waals surface area (Å²) in [6.07, 6.45) is -0.164. The van der Waals surface area contributed by atoms with Gasteiger partial charge in [-0.05, 0) is 55.2 Å². The SMILES string of the molecule is CCC(Oc1cccc(C)c1C)C(=O)Nc1ccccc1C(=O)NCc1ccccc1. The third-order valence-corrected chi connectivity index (χ3v) is 5.21. The molecule has 0 spiro atoms. The van der Waals surface area contributed by atoms with Gasteiger partial charge in [-0.2, -0.15) is 0 Å². The fourth-order valence-electron chi connectivity index (χ4n) is 3.20. The second-order valence-electron chi connectivity index (χ2n) is 7.42. The zero-order valence-corrected chi connectivity index (χ0v) is 18.1. The van der Waals surface area contributed by atoms with Crippen molar-refractivity contribution in [3.05, 3.63) is 95.1 Å². The molecule has 0 aromatic heterocycles. The molecule has 0 aliphatic heterocycles. The van der Waals surface area contributed by atoms with Crippen LogP contribution >= 0.6 is 0 Å². The maximum absolute atomic E-state index is 12.9. The van der Waals surface area contributed by atoms with Crippen molar-refractivity contribution in [3.63, 3.8) is 0 Å². The first-order chi connectivity index (χ1) is 15.0. The molecule has 0 saturated heterocycles. The smallest absolute Gasteiger partial charge is 0.265 e. The van der Waals surface area contributed by atoms with Crippen LogP contribution in [0.25, 0.3) is 0 Å². The molecule has 0 radical (unpaired) electrons. The number of ether oxygens (including phenoxy) is 1. The van der Waals surface area contributed by atoms with E-state index < -0.39 is 6.10 Å². The number of para-hydroxylation sites is 1. The van der Waals surface area contributed by atoms with Gasteiger partial charge in [0.15, 0.2) is 6.10 Å². The van der Waals surface area contributed by atoms with Gasteiger partial charge in [-0.25, -0.2) is 0 Å². The monoisotopic (exact) mass is 416 g/mol. The molecule has 1 unspecified atom stereocenters. The number of amides is 2. The molecule has 3 rings (SSSR count). The third kappa shape index (κ3) is 5.72. The van der Waals surface area contributed by atoms with E-state index in [1.54, 1.807) is 24.3 Å². The van der Waals surface area contributed by atoms with Gasteiger partial charge in [0.05, 0.1) is 11.3 Å². The molecule has 5 heteroatoms. The summed E-state index contributed by atoms with van der Waals surface area (Å²) in [6.45, 7) is 6.29. The lowest BCUT2D eigenvalue weighted by Gasteiger charge is -2.20. The summed E-state index contributed by atoms with van der Waals surface area (Å²) in [6, 6.07) is 22.4. The molecule has 2 amide bonds. The van der Waals surface area contributed by atoms with Gasteiger partial charge < -0.3 is 15.4 Å². The van der Waals surface area contributed by atoms with Crippen molar-refractivity contribution in [1.82, 2.24) is 5.32 Å². The second kappa shape index (κ2) is 10.4. The largest absolute Gasteiger partial charge is 0.480 e. The van der Waals surface area contributed by atoms with E-state index in [4.69, 9.17) is 4.74 Å². The fraction of sp³-hybridized carbons (Fsp3) is 0.231. The number of hydrogen-bond donors (Lipinski definition) is 2. The highest BCUT2D eigenvalue weighted by molar-refractivity contribution is 6.04. The number of carbonyl (C=O) groups is 2. The van der Waals surface area contributed by atoms with Crippen molar-refractivity contribution in [2.75, 3.05) is 5.32 Å². The van der Waals surface area contributed by atoms with Gasteiger partial charge in [0.25, 0.3) is 11.8 Å². The molecular formula is C26H28N2O3. The molecule has 3 aromatic carbocycles. The van der Waals surface area contributed by atoms with E-state index in [-0.39, 0.29) is 11.8 Å². The van der Waals surface area contributed by atoms with Crippen molar-refractivity contribution < 1.29 is 14.3 Å². The number of anilines is 1. The van der Waals surface area contributed by atoms with Crippen molar-refractivity contribution in [3.8, 4) is 5.75 Å². The predicted molar refractivity (Wildman–Crippen MR) is 123 cm³/mol. The molecule has 0 saturated carbocycles. The molecule has 0 fully saturated rings. The van der Waals surface area contributed by atoms with E-state index >= 15 is 0 Å². The van der Waals surface area contributed by atoms with Crippen LogP contribution in [0.2, 0.25) is 0 Å². The minimum Gasteiger partial charge on any atom is -0.480 e. The molecule has 5 nitrogen and oxygen atoms in total. The Bertz CT molecular complexity index is 1050. The standard InChI is InChI=1S/C26H28N2O3/c1-4-23(31-24-16-10-11-18(2)19(24)3)26(30)28-22-15-9-8-14-21(22)25(29)27-17-20-12-6-5-7-13-20/h5-16,23H,4,17H2,1-3H3,(H,27,29)(H,28,30). The van der Waals surface area contributed by atoms with Gasteiger partial charge in [0.1, 0.15) is 5.75 Å². The lowest BCUT2D eigenvalue weighted by Crippen LogP contribution is -2.33. The molecule has 1 atom stereocenters. The van der Waals surface area contributed by atoms with Crippen LogP contribution in [0, 0.1) is 13.8 Å². The van der Waals surface area contributed by atoms with Crippen molar-refractivity contribution in [1.29, 1.82) is 0 Å². The van der Waals surface area contributed by atoms with Crippen LogP contribution in [-0.4, -0.2) is 17.9 Å². The van der Waals surface area contributed by atoms with Gasteiger partial charge in [0.2, 0.25) is 0 Å². The van der Waals surface area contributed by atoms with Crippen LogP contribution in [-0.2, 0) is 11.3 Å². The van der Waals surface area contributed by atoms with Gasteiger partial charge in [-0.3, -0.25) is 9.59 Å². The van der Waals surface area contributed by atoms with E-state index in [9.17, 15) is 9.59 Å². The van der Waals surface area contributed by atoms with E-state index in [1.165, 1.54) is 0 Å². The van der Waals surface area contributed by atoms with Crippen LogP contribution in [0.4, 0.5) is 5.69 Å². The van der Waals surface area contributed by atoms with E-state index in [0.29, 0.717) is 30.0 Å². The summed E-state index contributed by atoms with van der Waals surface area (Å²) in [7, 11) is 0. The topological polar surface area (TPSA) is 67.4 Å². The Morgan fingerprint density at radius 2 is 1.61 bits per heavy atom. The molecule has 3 aromatic rings. The van der Waals surface area contributed by atoms with E-state index in [1.807, 2.05) is 69.3 Å². The van der Waals surface area contributed by atoms with E-state index in [2.05, 4.69) is 10.6 Å². The predicted octanol–water partition coefficient (Wildman–Crippen LogP) is 5.03. The highest BCUT2D eigenvalue weighted by Crippen LogP contribution is 2.23. The summed E-state index contributed by atoms with van der Waals surface area (Å²) in [5.41, 5.74) is 3.99. The normalized spacial score (nSPS) is 11.5. The zero-order chi connectivity index (χ0) is 22.2. The Morgan fingerprint density at radius 1 is 0.903 bits per heavy atom. The number of benzene rings is 3. The Balaban J connectivity index is 1.70. The van der Waals surface area contributed by atoms with Gasteiger partial charge in [-0.15, -0.1) is 0 Å². The first kappa shape index (κ1) is 22.1. The fourth-order valence-corrected chi connectivity index (χ4v) is 3.20. The number of rotatable bonds is 8. The first-order valence-corrected chi connectivity index (χ1v) is 10.4. The zero-order valence-electron chi connectivity index (χ0n) is 18.1. The van der Waals surface area contributed by atoms with Gasteiger partial charge in [-0.1, -0.05) is 61.5 Å². The van der Waals surface area contributed by atoms with Crippen LogP contribution in [0.3, 0.4) is 0 Å². The highest BCUT2D eigenvalue weighted by Gasteiger charge is 2.21. The Kier molecular flexibility index (Phi) is 7.44. The van der Waals surface area contributed by atoms with Gasteiger partial charge in [0, 0.05) is 6.54 Å². The summed E-state index contributed by atoms with van der Waals surface area (Å²) in [4.78, 5) is 25.7. The molecule has 2 N–H and O–H groups in total. The first-order valence-electron chi connectivity index (χ1n) is 10.4. The number of aryl methyl sites for hydroxylation is 1. The molecule has 0 aliphatic rings. The van der Waals surface area contributed by atoms with Crippen LogP contribution in [0.1, 0.15) is 40.4 Å². The van der Waals surface area contributed by atoms with Crippen molar-refractivity contribution in [2.45, 2.75) is 39.8 Å². The minimum atomic E-state index is -0.666. The lowest BCUT2D eigenvalue weighted by atomic mass is 10.1. The Labute approximate surface area is 183 Å². The minimum absolute atomic E-state index is 0.247. The lowest BCUT2D eigenvalue weighted by molar-refractivity contribution is -0.122. The molecule has 160 valence electrons. The third-order valence-electron chi connectivity index (χ3n) is 5.21. The summed E-state index contributed by atoms with van der Waals surface area (Å²) in [5.74, 6) is 0.158. The maximum atomic E-state index is 12.9. The second-order valence-corrected chi connectivity index (χ2v) is 7.42. The molecule has 0 aliphatic carbocycles. The Morgan fingerprint density at radius 3 is 2.35 bits per heavy atom. The maximum Gasteiger partial charge on any atom is 0.265 e. The van der Waals surface area contributed by atoms with Gasteiger partial charge >= 0.3 is 0 Å². The summed E-state index contributed by atoms with van der Waals surface area (Å²) < 4.78 is 6.00. The quantitative estimate of drug-likeness (QED) is 0.541. The average molecular weight is 417 g/mol.